The first kappa shape index (κ1) is 21.7. The molecule has 0 aromatic heterocycles. The minimum Gasteiger partial charge on any atom is -0.491 e. The highest BCUT2D eigenvalue weighted by Crippen LogP contribution is 2.50. The largest absolute Gasteiger partial charge is 0.491 e. The third-order valence-electron chi connectivity index (χ3n) is 4.80. The highest BCUT2D eigenvalue weighted by molar-refractivity contribution is 5.99. The van der Waals surface area contributed by atoms with Crippen molar-refractivity contribution in [2.45, 2.75) is 58.8 Å². The lowest BCUT2D eigenvalue weighted by molar-refractivity contribution is -0.166. The number of amides is 1. The molecule has 3 N–H and O–H groups in total. The molecule has 5 nitrogen and oxygen atoms in total. The Balaban J connectivity index is 0.00000312. The molecule has 2 rings (SSSR count). The van der Waals surface area contributed by atoms with Gasteiger partial charge in [-0.25, -0.2) is 4.39 Å². The van der Waals surface area contributed by atoms with Crippen LogP contribution in [0.3, 0.4) is 0 Å². The van der Waals surface area contributed by atoms with Crippen LogP contribution >= 0.6 is 12.4 Å². The van der Waals surface area contributed by atoms with Gasteiger partial charge in [0.05, 0.1) is 17.9 Å². The smallest absolute Gasteiger partial charge is 0.245 e. The van der Waals surface area contributed by atoms with Gasteiger partial charge in [0, 0.05) is 24.5 Å². The zero-order valence-electron chi connectivity index (χ0n) is 15.4. The Morgan fingerprint density at radius 1 is 1.44 bits per heavy atom. The summed E-state index contributed by atoms with van der Waals surface area (Å²) in [5.41, 5.74) is 4.78. The molecule has 1 aliphatic rings. The summed E-state index contributed by atoms with van der Waals surface area (Å²) in [6.07, 6.45) is 0.281. The van der Waals surface area contributed by atoms with Crippen LogP contribution in [0.15, 0.2) is 18.2 Å². The van der Waals surface area contributed by atoms with Crippen molar-refractivity contribution in [2.75, 3.05) is 11.9 Å². The van der Waals surface area contributed by atoms with Crippen LogP contribution in [0.4, 0.5) is 10.1 Å². The Morgan fingerprint density at radius 3 is 2.56 bits per heavy atom. The summed E-state index contributed by atoms with van der Waals surface area (Å²) in [6.45, 7) is 9.98. The number of benzene rings is 1. The molecule has 1 saturated carbocycles. The highest BCUT2D eigenvalue weighted by Gasteiger charge is 2.62. The fourth-order valence-electron chi connectivity index (χ4n) is 3.00. The third-order valence-corrected chi connectivity index (χ3v) is 4.80. The number of hydrogen-bond donors (Lipinski definition) is 2. The van der Waals surface area contributed by atoms with E-state index < -0.39 is 22.7 Å². The lowest BCUT2D eigenvalue weighted by Crippen LogP contribution is -2.74. The van der Waals surface area contributed by atoms with E-state index in [0.29, 0.717) is 18.8 Å². The molecule has 1 aliphatic carbocycles. The number of ether oxygens (including phenoxy) is 2. The van der Waals surface area contributed by atoms with Crippen molar-refractivity contribution in [1.29, 1.82) is 0 Å². The Bertz CT molecular complexity index is 624. The average molecular weight is 375 g/mol. The SMILES string of the molecule is CCOC1CC(N)(C(=O)Nc2ccc(OC(C)C)cc2F)C1(C)C.Cl. The first-order chi connectivity index (χ1) is 11.1. The molecule has 0 saturated heterocycles. The summed E-state index contributed by atoms with van der Waals surface area (Å²) < 4.78 is 25.3. The number of nitrogens with one attached hydrogen (secondary N) is 1. The Hall–Kier alpha value is -1.37. The van der Waals surface area contributed by atoms with E-state index in [1.54, 1.807) is 6.07 Å². The lowest BCUT2D eigenvalue weighted by atomic mass is 9.54. The van der Waals surface area contributed by atoms with Crippen LogP contribution in [-0.2, 0) is 9.53 Å². The molecule has 7 heteroatoms. The predicted octanol–water partition coefficient (Wildman–Crippen LogP) is 3.51. The van der Waals surface area contributed by atoms with Crippen LogP contribution in [0.1, 0.15) is 41.0 Å². The van der Waals surface area contributed by atoms with Crippen molar-refractivity contribution in [3.8, 4) is 5.75 Å². The van der Waals surface area contributed by atoms with Crippen molar-refractivity contribution in [3.05, 3.63) is 24.0 Å². The molecule has 0 radical (unpaired) electrons. The second kappa shape index (κ2) is 7.89. The summed E-state index contributed by atoms with van der Waals surface area (Å²) >= 11 is 0. The highest BCUT2D eigenvalue weighted by atomic mass is 35.5. The van der Waals surface area contributed by atoms with E-state index in [4.69, 9.17) is 15.2 Å². The number of hydrogen-bond acceptors (Lipinski definition) is 4. The monoisotopic (exact) mass is 374 g/mol. The number of halogens is 2. The van der Waals surface area contributed by atoms with E-state index in [0.717, 1.165) is 0 Å². The minimum atomic E-state index is -1.09. The molecular formula is C18H28ClFN2O3. The normalized spacial score (nSPS) is 24.2. The van der Waals surface area contributed by atoms with Gasteiger partial charge in [0.15, 0.2) is 0 Å². The quantitative estimate of drug-likeness (QED) is 0.799. The van der Waals surface area contributed by atoms with Gasteiger partial charge in [-0.3, -0.25) is 4.79 Å². The molecule has 0 bridgehead atoms. The van der Waals surface area contributed by atoms with Gasteiger partial charge in [-0.2, -0.15) is 0 Å². The number of anilines is 1. The molecule has 142 valence electrons. The third kappa shape index (κ3) is 4.07. The molecule has 25 heavy (non-hydrogen) atoms. The second-order valence-electron chi connectivity index (χ2n) is 7.10. The van der Waals surface area contributed by atoms with Crippen molar-refractivity contribution in [3.63, 3.8) is 0 Å². The lowest BCUT2D eigenvalue weighted by Gasteiger charge is -2.57. The minimum absolute atomic E-state index is 0. The van der Waals surface area contributed by atoms with Gasteiger partial charge in [-0.15, -0.1) is 12.4 Å². The van der Waals surface area contributed by atoms with Gasteiger partial charge in [0.25, 0.3) is 0 Å². The van der Waals surface area contributed by atoms with Gasteiger partial charge >= 0.3 is 0 Å². The molecular weight excluding hydrogens is 347 g/mol. The van der Waals surface area contributed by atoms with Crippen molar-refractivity contribution >= 4 is 24.0 Å². The molecule has 1 aromatic rings. The number of nitrogens with two attached hydrogens (primary N) is 1. The summed E-state index contributed by atoms with van der Waals surface area (Å²) in [7, 11) is 0. The van der Waals surface area contributed by atoms with Crippen molar-refractivity contribution in [1.82, 2.24) is 0 Å². The van der Waals surface area contributed by atoms with E-state index in [1.165, 1.54) is 12.1 Å². The molecule has 0 heterocycles. The van der Waals surface area contributed by atoms with E-state index in [1.807, 2.05) is 34.6 Å². The molecule has 1 amide bonds. The first-order valence-corrected chi connectivity index (χ1v) is 8.30. The van der Waals surface area contributed by atoms with Gasteiger partial charge in [0.1, 0.15) is 17.1 Å². The molecule has 1 fully saturated rings. The van der Waals surface area contributed by atoms with Crippen LogP contribution in [0.25, 0.3) is 0 Å². The Kier molecular flexibility index (Phi) is 6.84. The van der Waals surface area contributed by atoms with Crippen molar-refractivity contribution in [2.24, 2.45) is 11.1 Å². The van der Waals surface area contributed by atoms with E-state index in [9.17, 15) is 9.18 Å². The second-order valence-corrected chi connectivity index (χ2v) is 7.10. The van der Waals surface area contributed by atoms with Gasteiger partial charge in [0.2, 0.25) is 5.91 Å². The number of rotatable bonds is 6. The van der Waals surface area contributed by atoms with Crippen LogP contribution in [0, 0.1) is 11.2 Å². The zero-order valence-corrected chi connectivity index (χ0v) is 16.2. The summed E-state index contributed by atoms with van der Waals surface area (Å²) in [4.78, 5) is 12.6. The Labute approximate surface area is 154 Å². The first-order valence-electron chi connectivity index (χ1n) is 8.30. The summed E-state index contributed by atoms with van der Waals surface area (Å²) in [6, 6.07) is 4.37. The Morgan fingerprint density at radius 2 is 2.08 bits per heavy atom. The number of carbonyl (C=O) groups is 1. The molecule has 0 aliphatic heterocycles. The average Bonchev–Trinajstić information content (AvgIpc) is 2.48. The standard InChI is InChI=1S/C18H27FN2O3.ClH/c1-6-23-15-10-18(20,17(15,4)5)16(22)21-14-8-7-12(9-13(14)19)24-11(2)3;/h7-9,11,15H,6,10,20H2,1-5H3,(H,21,22);1H. The number of carbonyl (C=O) groups excluding carboxylic acids is 1. The molecule has 0 spiro atoms. The zero-order chi connectivity index (χ0) is 18.1. The molecule has 2 unspecified atom stereocenters. The maximum absolute atomic E-state index is 14.2. The fraction of sp³-hybridized carbons (Fsp3) is 0.611. The van der Waals surface area contributed by atoms with Crippen LogP contribution in [0.2, 0.25) is 0 Å². The van der Waals surface area contributed by atoms with Crippen LogP contribution in [0.5, 0.6) is 5.75 Å². The van der Waals surface area contributed by atoms with Crippen LogP contribution in [-0.4, -0.2) is 30.3 Å². The van der Waals surface area contributed by atoms with E-state index >= 15 is 0 Å². The topological polar surface area (TPSA) is 73.6 Å². The van der Waals surface area contributed by atoms with E-state index in [2.05, 4.69) is 5.32 Å². The maximum atomic E-state index is 14.2. The maximum Gasteiger partial charge on any atom is 0.245 e. The van der Waals surface area contributed by atoms with Gasteiger partial charge in [-0.05, 0) is 32.9 Å². The van der Waals surface area contributed by atoms with E-state index in [-0.39, 0.29) is 30.3 Å². The van der Waals surface area contributed by atoms with Crippen molar-refractivity contribution < 1.29 is 18.7 Å². The molecule has 1 aromatic carbocycles. The van der Waals surface area contributed by atoms with Gasteiger partial charge in [-0.1, -0.05) is 13.8 Å². The fourth-order valence-corrected chi connectivity index (χ4v) is 3.00. The summed E-state index contributed by atoms with van der Waals surface area (Å²) in [5.74, 6) is -0.535. The van der Waals surface area contributed by atoms with Gasteiger partial charge < -0.3 is 20.5 Å². The van der Waals surface area contributed by atoms with Crippen LogP contribution < -0.4 is 15.8 Å². The summed E-state index contributed by atoms with van der Waals surface area (Å²) in [5, 5.41) is 2.60. The molecule has 2 atom stereocenters. The predicted molar refractivity (Wildman–Crippen MR) is 98.8 cm³/mol.